The molecule has 0 fully saturated rings. The third-order valence-electron chi connectivity index (χ3n) is 5.26. The molecule has 8 nitrogen and oxygen atoms in total. The largest absolute Gasteiger partial charge is 0.458 e. The molecule has 1 aliphatic carbocycles. The van der Waals surface area contributed by atoms with E-state index in [1.807, 2.05) is 61.7 Å². The lowest BCUT2D eigenvalue weighted by Crippen LogP contribution is -2.01. The van der Waals surface area contributed by atoms with Crippen molar-refractivity contribution >= 4 is 16.9 Å². The number of benzene rings is 1. The van der Waals surface area contributed by atoms with Crippen molar-refractivity contribution in [2.45, 2.75) is 20.3 Å². The summed E-state index contributed by atoms with van der Waals surface area (Å²) in [5.41, 5.74) is 4.31. The van der Waals surface area contributed by atoms with Gasteiger partial charge in [-0.3, -0.25) is 0 Å². The SMILES string of the molecule is Cc1noc(-c2cn3ncc(C#N)c(Nc4ccc(OC5=CCC=CC=C5)cc4)c3c2C)n1. The molecule has 0 unspecified atom stereocenters. The van der Waals surface area contributed by atoms with E-state index in [1.54, 1.807) is 11.4 Å². The Balaban J connectivity index is 1.47. The Bertz CT molecular complexity index is 1470. The van der Waals surface area contributed by atoms with Crippen LogP contribution in [0.25, 0.3) is 17.0 Å². The summed E-state index contributed by atoms with van der Waals surface area (Å²) in [6.45, 7) is 3.71. The number of hydrogen-bond acceptors (Lipinski definition) is 7. The minimum Gasteiger partial charge on any atom is -0.458 e. The molecular weight excluding hydrogens is 416 g/mol. The van der Waals surface area contributed by atoms with Crippen LogP contribution in [-0.4, -0.2) is 19.8 Å². The Hall–Kier alpha value is -4.64. The first-order chi connectivity index (χ1) is 16.1. The fourth-order valence-corrected chi connectivity index (χ4v) is 3.64. The highest BCUT2D eigenvalue weighted by atomic mass is 16.5. The van der Waals surface area contributed by atoms with Crippen LogP contribution in [0, 0.1) is 25.2 Å². The molecule has 5 rings (SSSR count). The van der Waals surface area contributed by atoms with Gasteiger partial charge in [0.25, 0.3) is 5.89 Å². The van der Waals surface area contributed by atoms with E-state index in [4.69, 9.17) is 9.26 Å². The van der Waals surface area contributed by atoms with Crippen LogP contribution >= 0.6 is 0 Å². The summed E-state index contributed by atoms with van der Waals surface area (Å²) in [7, 11) is 0. The number of nitrogens with zero attached hydrogens (tertiary/aromatic N) is 5. The summed E-state index contributed by atoms with van der Waals surface area (Å²) in [6.07, 6.45) is 14.2. The molecule has 162 valence electrons. The lowest BCUT2D eigenvalue weighted by atomic mass is 10.1. The first kappa shape index (κ1) is 20.3. The predicted molar refractivity (Wildman–Crippen MR) is 124 cm³/mol. The Morgan fingerprint density at radius 1 is 1.18 bits per heavy atom. The van der Waals surface area contributed by atoms with Crippen LogP contribution in [0.5, 0.6) is 5.75 Å². The molecule has 0 saturated heterocycles. The summed E-state index contributed by atoms with van der Waals surface area (Å²) in [4.78, 5) is 4.33. The minimum absolute atomic E-state index is 0.415. The minimum atomic E-state index is 0.415. The fourth-order valence-electron chi connectivity index (χ4n) is 3.64. The first-order valence-electron chi connectivity index (χ1n) is 10.4. The topological polar surface area (TPSA) is 101 Å². The summed E-state index contributed by atoms with van der Waals surface area (Å²) < 4.78 is 13.0. The van der Waals surface area contributed by atoms with E-state index in [2.05, 4.69) is 32.7 Å². The molecule has 0 saturated carbocycles. The average molecular weight is 436 g/mol. The number of nitriles is 1. The molecule has 8 heteroatoms. The van der Waals surface area contributed by atoms with E-state index in [0.717, 1.165) is 40.3 Å². The van der Waals surface area contributed by atoms with Gasteiger partial charge in [0, 0.05) is 11.9 Å². The van der Waals surface area contributed by atoms with Gasteiger partial charge in [-0.05, 0) is 62.2 Å². The Kier molecular flexibility index (Phi) is 5.21. The van der Waals surface area contributed by atoms with Crippen LogP contribution in [0.1, 0.15) is 23.4 Å². The molecular formula is C25H20N6O2. The quantitative estimate of drug-likeness (QED) is 0.447. The molecule has 0 bridgehead atoms. The molecule has 33 heavy (non-hydrogen) atoms. The van der Waals surface area contributed by atoms with Crippen molar-refractivity contribution in [1.82, 2.24) is 19.8 Å². The summed E-state index contributed by atoms with van der Waals surface area (Å²) >= 11 is 0. The Morgan fingerprint density at radius 3 is 2.79 bits per heavy atom. The van der Waals surface area contributed by atoms with Crippen molar-refractivity contribution in [3.05, 3.63) is 89.7 Å². The van der Waals surface area contributed by atoms with Crippen molar-refractivity contribution in [1.29, 1.82) is 5.26 Å². The molecule has 3 aromatic heterocycles. The molecule has 1 N–H and O–H groups in total. The van der Waals surface area contributed by atoms with Crippen LogP contribution in [0.2, 0.25) is 0 Å². The van der Waals surface area contributed by atoms with Crippen molar-refractivity contribution in [2.24, 2.45) is 0 Å². The van der Waals surface area contributed by atoms with Crippen molar-refractivity contribution in [3.63, 3.8) is 0 Å². The molecule has 0 aliphatic heterocycles. The number of aryl methyl sites for hydroxylation is 2. The maximum absolute atomic E-state index is 9.71. The molecule has 3 heterocycles. The van der Waals surface area contributed by atoms with Crippen LogP contribution in [-0.2, 0) is 0 Å². The highest BCUT2D eigenvalue weighted by Gasteiger charge is 2.19. The number of ether oxygens (including phenoxy) is 1. The molecule has 0 amide bonds. The maximum Gasteiger partial charge on any atom is 0.259 e. The molecule has 1 aromatic carbocycles. The van der Waals surface area contributed by atoms with Gasteiger partial charge < -0.3 is 14.6 Å². The number of nitrogens with one attached hydrogen (secondary N) is 1. The fraction of sp³-hybridized carbons (Fsp3) is 0.120. The van der Waals surface area contributed by atoms with Gasteiger partial charge in [0.2, 0.25) is 0 Å². The number of allylic oxidation sites excluding steroid dienone is 5. The van der Waals surface area contributed by atoms with Crippen molar-refractivity contribution < 1.29 is 9.26 Å². The highest BCUT2D eigenvalue weighted by molar-refractivity contribution is 5.88. The van der Waals surface area contributed by atoms with Crippen LogP contribution < -0.4 is 10.1 Å². The average Bonchev–Trinajstić information content (AvgIpc) is 3.29. The molecule has 0 radical (unpaired) electrons. The van der Waals surface area contributed by atoms with Gasteiger partial charge >= 0.3 is 0 Å². The van der Waals surface area contributed by atoms with Gasteiger partial charge in [0.15, 0.2) is 5.82 Å². The lowest BCUT2D eigenvalue weighted by molar-refractivity contribution is 0.425. The maximum atomic E-state index is 9.71. The monoisotopic (exact) mass is 436 g/mol. The second-order valence-corrected chi connectivity index (χ2v) is 7.53. The lowest BCUT2D eigenvalue weighted by Gasteiger charge is -2.12. The van der Waals surface area contributed by atoms with E-state index >= 15 is 0 Å². The number of anilines is 2. The van der Waals surface area contributed by atoms with Gasteiger partial charge in [-0.1, -0.05) is 23.4 Å². The van der Waals surface area contributed by atoms with Gasteiger partial charge in [0.05, 0.1) is 28.5 Å². The highest BCUT2D eigenvalue weighted by Crippen LogP contribution is 2.34. The van der Waals surface area contributed by atoms with Crippen LogP contribution in [0.4, 0.5) is 11.4 Å². The smallest absolute Gasteiger partial charge is 0.259 e. The molecule has 0 atom stereocenters. The Morgan fingerprint density at radius 2 is 2.03 bits per heavy atom. The van der Waals surface area contributed by atoms with Crippen LogP contribution in [0.3, 0.4) is 0 Å². The Labute approximate surface area is 190 Å². The standard InChI is InChI=1S/C25H20N6O2/c1-16-22(25-28-17(2)30-33-25)15-31-24(16)23(18(13-26)14-27-31)29-19-9-11-21(12-10-19)32-20-7-5-3-4-6-8-20/h3-5,7-12,14-15,29H,6H2,1-2H3. The number of fused-ring (bicyclic) bond motifs is 1. The number of rotatable bonds is 5. The predicted octanol–water partition coefficient (Wildman–Crippen LogP) is 5.40. The van der Waals surface area contributed by atoms with E-state index < -0.39 is 0 Å². The van der Waals surface area contributed by atoms with E-state index in [0.29, 0.717) is 23.0 Å². The third kappa shape index (κ3) is 4.00. The van der Waals surface area contributed by atoms with E-state index in [9.17, 15) is 5.26 Å². The van der Waals surface area contributed by atoms with Crippen molar-refractivity contribution in [3.8, 4) is 23.3 Å². The molecule has 0 spiro atoms. The second kappa shape index (κ2) is 8.48. The zero-order valence-corrected chi connectivity index (χ0v) is 18.1. The summed E-state index contributed by atoms with van der Waals surface area (Å²) in [5, 5.41) is 21.3. The zero-order valence-electron chi connectivity index (χ0n) is 18.1. The zero-order chi connectivity index (χ0) is 22.8. The van der Waals surface area contributed by atoms with Gasteiger partial charge in [-0.25, -0.2) is 4.52 Å². The molecule has 1 aliphatic rings. The van der Waals surface area contributed by atoms with Gasteiger partial charge in [0.1, 0.15) is 17.6 Å². The number of hydrogen-bond donors (Lipinski definition) is 1. The van der Waals surface area contributed by atoms with Gasteiger partial charge in [-0.2, -0.15) is 15.3 Å². The molecule has 4 aromatic rings. The third-order valence-corrected chi connectivity index (χ3v) is 5.26. The van der Waals surface area contributed by atoms with Crippen LogP contribution in [0.15, 0.2) is 77.3 Å². The summed E-state index contributed by atoms with van der Waals surface area (Å²) in [6, 6.07) is 9.82. The van der Waals surface area contributed by atoms with E-state index in [1.165, 1.54) is 6.20 Å². The first-order valence-corrected chi connectivity index (χ1v) is 10.4. The van der Waals surface area contributed by atoms with E-state index in [-0.39, 0.29) is 0 Å². The van der Waals surface area contributed by atoms with Gasteiger partial charge in [-0.15, -0.1) is 0 Å². The number of aromatic nitrogens is 4. The summed E-state index contributed by atoms with van der Waals surface area (Å²) in [5.74, 6) is 2.50. The second-order valence-electron chi connectivity index (χ2n) is 7.53. The van der Waals surface area contributed by atoms with Crippen molar-refractivity contribution in [2.75, 3.05) is 5.32 Å². The normalized spacial score (nSPS) is 12.9.